The van der Waals surface area contributed by atoms with Gasteiger partial charge in [-0.1, -0.05) is 6.92 Å². The Morgan fingerprint density at radius 1 is 1.78 bits per heavy atom. The first-order valence-electron chi connectivity index (χ1n) is 2.91. The van der Waals surface area contributed by atoms with E-state index < -0.39 is 0 Å². The van der Waals surface area contributed by atoms with Gasteiger partial charge in [-0.2, -0.15) is 0 Å². The van der Waals surface area contributed by atoms with Crippen molar-refractivity contribution in [1.82, 2.24) is 9.55 Å². The second-order valence-corrected chi connectivity index (χ2v) is 2.76. The molecule has 0 fully saturated rings. The first kappa shape index (κ1) is 6.81. The summed E-state index contributed by atoms with van der Waals surface area (Å²) in [5, 5.41) is 0. The van der Waals surface area contributed by atoms with Crippen molar-refractivity contribution in [3.63, 3.8) is 0 Å². The lowest BCUT2D eigenvalue weighted by molar-refractivity contribution is 0.808. The van der Waals surface area contributed by atoms with Crippen LogP contribution in [0.4, 0.5) is 0 Å². The molecule has 1 rings (SSSR count). The summed E-state index contributed by atoms with van der Waals surface area (Å²) >= 11 is 3.29. The second-order valence-electron chi connectivity index (χ2n) is 1.94. The van der Waals surface area contributed by atoms with Crippen molar-refractivity contribution >= 4 is 15.9 Å². The van der Waals surface area contributed by atoms with E-state index in [0.29, 0.717) is 0 Å². The Hall–Kier alpha value is -0.310. The SMILES string of the molecule is CCc1nc(Br)cn1C. The summed E-state index contributed by atoms with van der Waals surface area (Å²) in [7, 11) is 2.00. The van der Waals surface area contributed by atoms with Gasteiger partial charge in [0.05, 0.1) is 0 Å². The minimum Gasteiger partial charge on any atom is -0.337 e. The van der Waals surface area contributed by atoms with Gasteiger partial charge in [0.1, 0.15) is 10.4 Å². The van der Waals surface area contributed by atoms with E-state index in [2.05, 4.69) is 27.8 Å². The normalized spacial score (nSPS) is 10.1. The highest BCUT2D eigenvalue weighted by Gasteiger charge is 1.97. The standard InChI is InChI=1S/C6H9BrN2/c1-3-6-8-5(7)4-9(6)2/h4H,3H2,1-2H3. The highest BCUT2D eigenvalue weighted by atomic mass is 79.9. The smallest absolute Gasteiger partial charge is 0.124 e. The fourth-order valence-electron chi connectivity index (χ4n) is 0.794. The molecule has 0 aliphatic carbocycles. The molecule has 0 radical (unpaired) electrons. The number of hydrogen-bond donors (Lipinski definition) is 0. The number of hydrogen-bond acceptors (Lipinski definition) is 1. The van der Waals surface area contributed by atoms with Crippen LogP contribution in [0.25, 0.3) is 0 Å². The molecule has 50 valence electrons. The minimum atomic E-state index is 0.918. The molecular weight excluding hydrogens is 180 g/mol. The molecule has 0 aliphatic rings. The van der Waals surface area contributed by atoms with E-state index in [0.717, 1.165) is 16.8 Å². The lowest BCUT2D eigenvalue weighted by atomic mass is 10.5. The second kappa shape index (κ2) is 2.52. The van der Waals surface area contributed by atoms with Crippen LogP contribution in [0.2, 0.25) is 0 Å². The van der Waals surface area contributed by atoms with Gasteiger partial charge in [-0.25, -0.2) is 4.98 Å². The molecule has 0 aromatic carbocycles. The molecule has 0 bridgehead atoms. The molecule has 0 atom stereocenters. The maximum atomic E-state index is 4.21. The fraction of sp³-hybridized carbons (Fsp3) is 0.500. The highest BCUT2D eigenvalue weighted by Crippen LogP contribution is 2.07. The third kappa shape index (κ3) is 1.33. The fourth-order valence-corrected chi connectivity index (χ4v) is 1.31. The third-order valence-corrected chi connectivity index (χ3v) is 1.64. The number of imidazole rings is 1. The van der Waals surface area contributed by atoms with Crippen LogP contribution >= 0.6 is 15.9 Å². The van der Waals surface area contributed by atoms with E-state index in [-0.39, 0.29) is 0 Å². The Labute approximate surface area is 63.0 Å². The average molecular weight is 189 g/mol. The zero-order valence-corrected chi connectivity index (χ0v) is 7.14. The summed E-state index contributed by atoms with van der Waals surface area (Å²) in [5.74, 6) is 1.11. The molecule has 2 nitrogen and oxygen atoms in total. The summed E-state index contributed by atoms with van der Waals surface area (Å²) in [6.45, 7) is 2.09. The minimum absolute atomic E-state index is 0.918. The quantitative estimate of drug-likeness (QED) is 0.657. The summed E-state index contributed by atoms with van der Waals surface area (Å²) in [4.78, 5) is 4.21. The number of nitrogens with zero attached hydrogens (tertiary/aromatic N) is 2. The maximum Gasteiger partial charge on any atom is 0.124 e. The largest absolute Gasteiger partial charge is 0.337 e. The van der Waals surface area contributed by atoms with Gasteiger partial charge >= 0.3 is 0 Å². The predicted molar refractivity (Wildman–Crippen MR) is 40.3 cm³/mol. The maximum absolute atomic E-state index is 4.21. The Kier molecular flexibility index (Phi) is 1.90. The van der Waals surface area contributed by atoms with Crippen molar-refractivity contribution in [2.45, 2.75) is 13.3 Å². The molecule has 0 saturated heterocycles. The molecule has 0 saturated carbocycles. The van der Waals surface area contributed by atoms with Crippen LogP contribution in [0.15, 0.2) is 10.8 Å². The molecule has 1 aromatic rings. The van der Waals surface area contributed by atoms with Gasteiger partial charge in [0.2, 0.25) is 0 Å². The van der Waals surface area contributed by atoms with E-state index in [1.54, 1.807) is 0 Å². The van der Waals surface area contributed by atoms with Gasteiger partial charge in [0, 0.05) is 19.7 Å². The Morgan fingerprint density at radius 2 is 2.44 bits per heavy atom. The van der Waals surface area contributed by atoms with E-state index in [1.807, 2.05) is 17.8 Å². The van der Waals surface area contributed by atoms with Crippen molar-refractivity contribution in [3.8, 4) is 0 Å². The summed E-state index contributed by atoms with van der Waals surface area (Å²) in [6, 6.07) is 0. The number of halogens is 1. The lowest BCUT2D eigenvalue weighted by Gasteiger charge is -1.92. The first-order valence-corrected chi connectivity index (χ1v) is 3.71. The topological polar surface area (TPSA) is 17.8 Å². The number of aryl methyl sites for hydroxylation is 2. The summed E-state index contributed by atoms with van der Waals surface area (Å²) in [5.41, 5.74) is 0. The van der Waals surface area contributed by atoms with E-state index in [1.165, 1.54) is 0 Å². The molecule has 3 heteroatoms. The molecule has 0 unspecified atom stereocenters. The zero-order valence-electron chi connectivity index (χ0n) is 5.56. The van der Waals surface area contributed by atoms with Gasteiger partial charge in [0.15, 0.2) is 0 Å². The van der Waals surface area contributed by atoms with Crippen LogP contribution in [0.3, 0.4) is 0 Å². The van der Waals surface area contributed by atoms with Crippen LogP contribution in [0.1, 0.15) is 12.7 Å². The molecule has 1 heterocycles. The summed E-state index contributed by atoms with van der Waals surface area (Å²) < 4.78 is 2.94. The van der Waals surface area contributed by atoms with Crippen molar-refractivity contribution in [1.29, 1.82) is 0 Å². The molecule has 0 N–H and O–H groups in total. The van der Waals surface area contributed by atoms with Crippen molar-refractivity contribution in [2.75, 3.05) is 0 Å². The molecule has 0 amide bonds. The average Bonchev–Trinajstić information content (AvgIpc) is 2.10. The molecule has 1 aromatic heterocycles. The van der Waals surface area contributed by atoms with Gasteiger partial charge in [-0.05, 0) is 15.9 Å². The van der Waals surface area contributed by atoms with Gasteiger partial charge in [0.25, 0.3) is 0 Å². The first-order chi connectivity index (χ1) is 4.24. The van der Waals surface area contributed by atoms with Crippen LogP contribution in [-0.4, -0.2) is 9.55 Å². The Morgan fingerprint density at radius 3 is 2.67 bits per heavy atom. The molecule has 0 spiro atoms. The van der Waals surface area contributed by atoms with Gasteiger partial charge < -0.3 is 4.57 Å². The molecule has 9 heavy (non-hydrogen) atoms. The van der Waals surface area contributed by atoms with Crippen molar-refractivity contribution in [3.05, 3.63) is 16.6 Å². The van der Waals surface area contributed by atoms with Crippen molar-refractivity contribution < 1.29 is 0 Å². The van der Waals surface area contributed by atoms with E-state index in [9.17, 15) is 0 Å². The molecule has 0 aliphatic heterocycles. The number of aromatic nitrogens is 2. The van der Waals surface area contributed by atoms with Crippen LogP contribution in [-0.2, 0) is 13.5 Å². The lowest BCUT2D eigenvalue weighted by Crippen LogP contribution is -1.93. The van der Waals surface area contributed by atoms with Crippen LogP contribution in [0.5, 0.6) is 0 Å². The highest BCUT2D eigenvalue weighted by molar-refractivity contribution is 9.10. The number of rotatable bonds is 1. The Balaban J connectivity index is 3.01. The zero-order chi connectivity index (χ0) is 6.85. The van der Waals surface area contributed by atoms with Gasteiger partial charge in [-0.3, -0.25) is 0 Å². The van der Waals surface area contributed by atoms with Crippen LogP contribution < -0.4 is 0 Å². The summed E-state index contributed by atoms with van der Waals surface area (Å²) in [6.07, 6.45) is 2.95. The predicted octanol–water partition coefficient (Wildman–Crippen LogP) is 1.75. The van der Waals surface area contributed by atoms with E-state index in [4.69, 9.17) is 0 Å². The monoisotopic (exact) mass is 188 g/mol. The Bertz CT molecular complexity index is 205. The van der Waals surface area contributed by atoms with Gasteiger partial charge in [-0.15, -0.1) is 0 Å². The third-order valence-electron chi connectivity index (χ3n) is 1.26. The van der Waals surface area contributed by atoms with Crippen LogP contribution in [0, 0.1) is 0 Å². The van der Waals surface area contributed by atoms with E-state index >= 15 is 0 Å². The van der Waals surface area contributed by atoms with Crippen molar-refractivity contribution in [2.24, 2.45) is 7.05 Å². The molecular formula is C6H9BrN2.